The number of halogens is 1. The first-order valence-corrected chi connectivity index (χ1v) is 0.697. The maximum atomic E-state index is 6.23. The van der Waals surface area contributed by atoms with Gasteiger partial charge in [0.2, 0.25) is 0 Å². The lowest BCUT2D eigenvalue weighted by Gasteiger charge is -1.61. The highest BCUT2D eigenvalue weighted by Gasteiger charge is 1.25. The van der Waals surface area contributed by atoms with Gasteiger partial charge in [-0.25, -0.2) is 0 Å². The predicted molar refractivity (Wildman–Crippen MR) is 20.2 cm³/mol. The van der Waals surface area contributed by atoms with E-state index in [0.717, 1.165) is 0 Å². The Hall–Kier alpha value is 0.250. The highest BCUT2D eigenvalue weighted by molar-refractivity contribution is 5.85. The van der Waals surface area contributed by atoms with Gasteiger partial charge in [0.05, 0.1) is 1.37 Å². The van der Waals surface area contributed by atoms with Crippen LogP contribution in [0.15, 0.2) is 0 Å². The number of ether oxygens (including phenoxy) is 1. The van der Waals surface area contributed by atoms with E-state index in [1.807, 2.05) is 0 Å². The maximum absolute atomic E-state index is 6.23. The molecule has 28 valence electrons. The monoisotopic (exact) mass is 83.0 g/mol. The summed E-state index contributed by atoms with van der Waals surface area (Å²) in [4.78, 5) is 0. The summed E-state index contributed by atoms with van der Waals surface area (Å²) in [5, 5.41) is 0. The van der Waals surface area contributed by atoms with Gasteiger partial charge in [-0.1, -0.05) is 0 Å². The quantitative estimate of drug-likeness (QED) is 0.419. The van der Waals surface area contributed by atoms with Crippen molar-refractivity contribution < 1.29 is 6.11 Å². The summed E-state index contributed by atoms with van der Waals surface area (Å²) in [7, 11) is 1.56. The third kappa shape index (κ3) is 56.3. The molecular weight excluding hydrogens is 75.5 g/mol. The molecule has 0 saturated carbocycles. The van der Waals surface area contributed by atoms with Crippen LogP contribution in [0.5, 0.6) is 0 Å². The zero-order chi connectivity index (χ0) is 3.41. The average Bonchev–Trinajstić information content (AvgIpc) is 1.37. The van der Waals surface area contributed by atoms with E-state index in [0.29, 0.717) is 0 Å². The summed E-state index contributed by atoms with van der Waals surface area (Å²) in [5.41, 5.74) is 0. The molecule has 2 heteroatoms. The van der Waals surface area contributed by atoms with E-state index < -0.39 is 0 Å². The van der Waals surface area contributed by atoms with E-state index in [1.54, 1.807) is 0 Å². The Bertz CT molecular complexity index is 11.6. The highest BCUT2D eigenvalue weighted by atomic mass is 35.5. The highest BCUT2D eigenvalue weighted by Crippen LogP contribution is 1.28. The summed E-state index contributed by atoms with van der Waals surface area (Å²) in [5.74, 6) is 0. The summed E-state index contributed by atoms with van der Waals surface area (Å²) in [6.45, 7) is 0. The van der Waals surface area contributed by atoms with E-state index >= 15 is 0 Å². The van der Waals surface area contributed by atoms with Crippen molar-refractivity contribution in [3.05, 3.63) is 0 Å². The summed E-state index contributed by atoms with van der Waals surface area (Å²) in [6.07, 6.45) is 0. The van der Waals surface area contributed by atoms with Gasteiger partial charge in [-0.3, -0.25) is 0 Å². The van der Waals surface area contributed by atoms with E-state index in [-0.39, 0.29) is 19.5 Å². The molecule has 0 N–H and O–H groups in total. The third-order valence-corrected chi connectivity index (χ3v) is 0. The molecular formula is C2H7ClO. The Morgan fingerprint density at radius 3 is 2.25 bits per heavy atom. The Morgan fingerprint density at radius 1 is 2.00 bits per heavy atom. The minimum absolute atomic E-state index is 0. The molecule has 1 nitrogen and oxygen atoms in total. The Labute approximate surface area is 33.8 Å². The average molecular weight is 83.5 g/mol. The van der Waals surface area contributed by atoms with E-state index in [1.165, 1.54) is 7.11 Å². The van der Waals surface area contributed by atoms with Gasteiger partial charge in [-0.2, -0.15) is 0 Å². The minimum atomic E-state index is 0. The molecule has 0 bridgehead atoms. The van der Waals surface area contributed by atoms with Crippen LogP contribution in [0.2, 0.25) is 0 Å². The molecule has 0 aromatic rings. The molecule has 0 heterocycles. The van der Waals surface area contributed by atoms with Crippen molar-refractivity contribution in [3.8, 4) is 0 Å². The van der Waals surface area contributed by atoms with Gasteiger partial charge in [0.15, 0.2) is 0 Å². The van der Waals surface area contributed by atoms with Crippen LogP contribution in [-0.2, 0) is 4.74 Å². The van der Waals surface area contributed by atoms with Gasteiger partial charge < -0.3 is 4.74 Å². The minimum Gasteiger partial charge on any atom is -0.388 e. The summed E-state index contributed by atoms with van der Waals surface area (Å²) in [6, 6.07) is 0. The van der Waals surface area contributed by atoms with Crippen molar-refractivity contribution in [1.82, 2.24) is 0 Å². The second kappa shape index (κ2) is 10.5. The van der Waals surface area contributed by atoms with Crippen LogP contribution in [0.1, 0.15) is 1.37 Å². The molecule has 0 aromatic heterocycles. The Balaban J connectivity index is 0. The molecule has 0 aromatic carbocycles. The summed E-state index contributed by atoms with van der Waals surface area (Å²) < 4.78 is 10.4. The lowest BCUT2D eigenvalue weighted by Crippen LogP contribution is -1.55. The van der Waals surface area contributed by atoms with Gasteiger partial charge in [-0.05, 0) is 0 Å². The van der Waals surface area contributed by atoms with Crippen molar-refractivity contribution in [2.45, 2.75) is 0 Å². The molecule has 0 spiro atoms. The fraction of sp³-hybridized carbons (Fsp3) is 1.00. The van der Waals surface area contributed by atoms with Gasteiger partial charge >= 0.3 is 0 Å². The van der Waals surface area contributed by atoms with E-state index in [4.69, 9.17) is 1.37 Å². The molecule has 0 radical (unpaired) electrons. The first-order valence-electron chi connectivity index (χ1n) is 1.40. The SMILES string of the molecule is Cl.[2H]COC. The Morgan fingerprint density at radius 2 is 2.25 bits per heavy atom. The van der Waals surface area contributed by atoms with Crippen molar-refractivity contribution in [3.63, 3.8) is 0 Å². The van der Waals surface area contributed by atoms with Crippen LogP contribution in [-0.4, -0.2) is 14.2 Å². The predicted octanol–water partition coefficient (Wildman–Crippen LogP) is 0.684. The van der Waals surface area contributed by atoms with Crippen LogP contribution in [0.3, 0.4) is 0 Å². The molecule has 0 rings (SSSR count). The second-order valence-corrected chi connectivity index (χ2v) is 0.289. The maximum Gasteiger partial charge on any atom is 0.0530 e. The number of rotatable bonds is 0. The molecule has 0 aliphatic heterocycles. The van der Waals surface area contributed by atoms with E-state index in [9.17, 15) is 0 Å². The van der Waals surface area contributed by atoms with Crippen LogP contribution in [0.4, 0.5) is 0 Å². The van der Waals surface area contributed by atoms with Crippen molar-refractivity contribution in [2.24, 2.45) is 0 Å². The van der Waals surface area contributed by atoms with Crippen LogP contribution < -0.4 is 0 Å². The zero-order valence-electron chi connectivity index (χ0n) is 3.52. The topological polar surface area (TPSA) is 9.23 Å². The van der Waals surface area contributed by atoms with Gasteiger partial charge in [0.1, 0.15) is 0 Å². The fourth-order valence-corrected chi connectivity index (χ4v) is 0. The first-order chi connectivity index (χ1) is 1.91. The van der Waals surface area contributed by atoms with Gasteiger partial charge in [0.25, 0.3) is 0 Å². The number of hydrogen-bond donors (Lipinski definition) is 0. The first kappa shape index (κ1) is 4.25. The molecule has 0 unspecified atom stereocenters. The van der Waals surface area contributed by atoms with Crippen LogP contribution in [0.25, 0.3) is 0 Å². The van der Waals surface area contributed by atoms with Gasteiger partial charge in [0, 0.05) is 14.2 Å². The van der Waals surface area contributed by atoms with Crippen LogP contribution in [0, 0.1) is 0 Å². The number of methoxy groups -OCH3 is 1. The fourth-order valence-electron chi connectivity index (χ4n) is 0. The molecule has 0 aliphatic rings. The smallest absolute Gasteiger partial charge is 0.0530 e. The normalized spacial score (nSPS) is 7.75. The number of hydrogen-bond acceptors (Lipinski definition) is 1. The summed E-state index contributed by atoms with van der Waals surface area (Å²) >= 11 is 0. The van der Waals surface area contributed by atoms with Crippen molar-refractivity contribution in [2.75, 3.05) is 14.2 Å². The molecule has 0 amide bonds. The lowest BCUT2D eigenvalue weighted by atomic mass is 11.6. The van der Waals surface area contributed by atoms with Crippen LogP contribution >= 0.6 is 12.4 Å². The van der Waals surface area contributed by atoms with Crippen molar-refractivity contribution >= 4 is 12.4 Å². The van der Waals surface area contributed by atoms with Gasteiger partial charge in [-0.15, -0.1) is 12.4 Å². The third-order valence-electron chi connectivity index (χ3n) is 0. The molecule has 0 fully saturated rings. The zero-order valence-corrected chi connectivity index (χ0v) is 3.34. The molecule has 0 aliphatic carbocycles. The molecule has 0 atom stereocenters. The molecule has 4 heavy (non-hydrogen) atoms. The second-order valence-electron chi connectivity index (χ2n) is 0.289. The Kier molecular flexibility index (Phi) is 11.2. The standard InChI is InChI=1S/C2H6O.ClH/c1-3-2;/h1-2H3;1H/i1D;. The largest absolute Gasteiger partial charge is 0.388 e. The van der Waals surface area contributed by atoms with E-state index in [2.05, 4.69) is 4.74 Å². The van der Waals surface area contributed by atoms with Crippen molar-refractivity contribution in [1.29, 1.82) is 0 Å². The lowest BCUT2D eigenvalue weighted by molar-refractivity contribution is 0.277. The molecule has 0 saturated heterocycles.